The van der Waals surface area contributed by atoms with Gasteiger partial charge in [0.15, 0.2) is 31.2 Å². The first-order valence-corrected chi connectivity index (χ1v) is 20.8. The average Bonchev–Trinajstić information content (AvgIpc) is 3.48. The van der Waals surface area contributed by atoms with Crippen LogP contribution in [0.1, 0.15) is 32.4 Å². The highest BCUT2D eigenvalue weighted by Gasteiger charge is 2.21. The zero-order valence-corrected chi connectivity index (χ0v) is 33.0. The zero-order valence-electron chi connectivity index (χ0n) is 28.3. The number of carbonyl (C=O) groups is 4. The Balaban J connectivity index is 0.000000276. The van der Waals surface area contributed by atoms with Gasteiger partial charge in [0.25, 0.3) is 5.56 Å². The fourth-order valence-electron chi connectivity index (χ4n) is 3.86. The van der Waals surface area contributed by atoms with Gasteiger partial charge in [-0.2, -0.15) is 0 Å². The van der Waals surface area contributed by atoms with E-state index in [-0.39, 0.29) is 45.7 Å². The number of carbonyl (C=O) groups excluding carboxylic acids is 4. The van der Waals surface area contributed by atoms with Crippen molar-refractivity contribution in [1.82, 2.24) is 10.2 Å². The largest absolute Gasteiger partial charge is 0.466 e. The normalized spacial score (nSPS) is 10.9. The summed E-state index contributed by atoms with van der Waals surface area (Å²) in [4.78, 5) is 57.0. The number of H-pyrrole nitrogens is 2. The molecule has 53 heavy (non-hydrogen) atoms. The van der Waals surface area contributed by atoms with Gasteiger partial charge < -0.3 is 14.6 Å². The third-order valence-corrected chi connectivity index (χ3v) is 11.4. The van der Waals surface area contributed by atoms with Crippen LogP contribution in [-0.4, -0.2) is 75.3 Å². The highest BCUT2D eigenvalue weighted by molar-refractivity contribution is 8.00. The molecule has 0 saturated carbocycles. The molecule has 0 spiro atoms. The summed E-state index contributed by atoms with van der Waals surface area (Å²) < 4.78 is 56.9. The zero-order chi connectivity index (χ0) is 39.6. The number of hydrogen-bond acceptors (Lipinski definition) is 12. The van der Waals surface area contributed by atoms with Crippen LogP contribution in [0.3, 0.4) is 0 Å². The number of thioether (sulfide) groups is 1. The average molecular weight is 850 g/mol. The molecule has 0 aliphatic heterocycles. The van der Waals surface area contributed by atoms with Crippen molar-refractivity contribution in [1.29, 1.82) is 0 Å². The first-order valence-electron chi connectivity index (χ1n) is 15.4. The molecule has 1 heterocycles. The SMILES string of the molecule is CCOC(=O)CC(=O)CS(=O)(=O)c1ccc(Cl)cc1.CCOC(=O)CC(=O)CSc1ccc(Cl)cc1.O=c1cc(CS(=O)(=O)c2ccc(Cl)cc2)[nH][nH]1. The highest BCUT2D eigenvalue weighted by Crippen LogP contribution is 2.21. The predicted molar refractivity (Wildman–Crippen MR) is 202 cm³/mol. The van der Waals surface area contributed by atoms with Crippen molar-refractivity contribution < 1.29 is 45.5 Å². The second kappa shape index (κ2) is 22.3. The standard InChI is InChI=1S/C12H13ClO5S.C12H13ClO3S.C10H9ClN2O3S/c1-2-18-12(15)7-10(14)8-19(16,17)11-5-3-9(13)4-6-11;1-2-16-12(15)7-10(14)8-17-11-5-3-9(13)4-6-11;11-7-1-3-9(4-2-7)17(15,16)6-8-5-10(14)13-12-8/h3-6H,2,7-8H2,1H3;3-6H,2,7-8H2,1H3;1-5H,6H2,(H2,12,13,14). The number of ether oxygens (including phenoxy) is 2. The highest BCUT2D eigenvalue weighted by atomic mass is 35.5. The molecule has 0 atom stereocenters. The quantitative estimate of drug-likeness (QED) is 0.0813. The fraction of sp³-hybridized carbons (Fsp3) is 0.265. The first kappa shape index (κ1) is 45.2. The molecule has 0 bridgehead atoms. The van der Waals surface area contributed by atoms with Crippen LogP contribution in [0.2, 0.25) is 15.1 Å². The number of aromatic amines is 2. The molecule has 0 aliphatic carbocycles. The monoisotopic (exact) mass is 848 g/mol. The summed E-state index contributed by atoms with van der Waals surface area (Å²) >= 11 is 18.4. The van der Waals surface area contributed by atoms with Crippen LogP contribution in [0.4, 0.5) is 0 Å². The van der Waals surface area contributed by atoms with Gasteiger partial charge in [0, 0.05) is 26.0 Å². The maximum atomic E-state index is 11.9. The molecule has 0 saturated heterocycles. The summed E-state index contributed by atoms with van der Waals surface area (Å²) in [6, 6.07) is 19.8. The van der Waals surface area contributed by atoms with E-state index in [0.29, 0.717) is 27.4 Å². The molecule has 0 fully saturated rings. The van der Waals surface area contributed by atoms with Crippen molar-refractivity contribution in [2.75, 3.05) is 24.7 Å². The van der Waals surface area contributed by atoms with Gasteiger partial charge in [0.1, 0.15) is 18.6 Å². The van der Waals surface area contributed by atoms with Crippen LogP contribution in [0.5, 0.6) is 0 Å². The summed E-state index contributed by atoms with van der Waals surface area (Å²) in [5.41, 5.74) is -0.0312. The van der Waals surface area contributed by atoms with E-state index in [1.54, 1.807) is 26.0 Å². The second-order valence-electron chi connectivity index (χ2n) is 10.5. The second-order valence-corrected chi connectivity index (χ2v) is 16.8. The molecule has 286 valence electrons. The van der Waals surface area contributed by atoms with Gasteiger partial charge in [0.05, 0.1) is 40.2 Å². The molecule has 13 nitrogen and oxygen atoms in total. The molecule has 0 amide bonds. The number of rotatable bonds is 15. The lowest BCUT2D eigenvalue weighted by Crippen LogP contribution is -2.20. The molecular formula is C34H35Cl3N2O11S3. The Hall–Kier alpha value is -3.93. The number of benzene rings is 3. The summed E-state index contributed by atoms with van der Waals surface area (Å²) in [5, 5.41) is 6.32. The van der Waals surface area contributed by atoms with Gasteiger partial charge in [-0.05, 0) is 86.6 Å². The Bertz CT molecular complexity index is 2100. The molecule has 2 N–H and O–H groups in total. The number of halogens is 3. The van der Waals surface area contributed by atoms with E-state index in [1.165, 1.54) is 66.4 Å². The maximum Gasteiger partial charge on any atom is 0.313 e. The lowest BCUT2D eigenvalue weighted by atomic mass is 10.3. The van der Waals surface area contributed by atoms with E-state index in [0.717, 1.165) is 4.90 Å². The molecule has 4 rings (SSSR count). The third-order valence-electron chi connectivity index (χ3n) is 6.20. The molecule has 3 aromatic carbocycles. The molecule has 0 aliphatic rings. The van der Waals surface area contributed by atoms with Crippen molar-refractivity contribution in [2.24, 2.45) is 0 Å². The number of nitrogens with one attached hydrogen (secondary N) is 2. The molecule has 0 unspecified atom stereocenters. The van der Waals surface area contributed by atoms with Crippen molar-refractivity contribution in [3.63, 3.8) is 0 Å². The summed E-state index contributed by atoms with van der Waals surface area (Å²) in [6.07, 6.45) is -0.699. The summed E-state index contributed by atoms with van der Waals surface area (Å²) in [5.74, 6) is -2.74. The molecular weight excluding hydrogens is 815 g/mol. The van der Waals surface area contributed by atoms with Gasteiger partial charge >= 0.3 is 11.9 Å². The first-order chi connectivity index (χ1) is 24.9. The van der Waals surface area contributed by atoms with E-state index in [2.05, 4.69) is 14.9 Å². The molecule has 4 aromatic rings. The number of sulfone groups is 2. The van der Waals surface area contributed by atoms with Crippen molar-refractivity contribution in [3.8, 4) is 0 Å². The number of esters is 2. The minimum absolute atomic E-state index is 0.00545. The van der Waals surface area contributed by atoms with E-state index in [9.17, 15) is 40.8 Å². The van der Waals surface area contributed by atoms with Crippen molar-refractivity contribution in [2.45, 2.75) is 47.1 Å². The van der Waals surface area contributed by atoms with Crippen LogP contribution in [-0.2, 0) is 54.1 Å². The van der Waals surface area contributed by atoms with Gasteiger partial charge in [0.2, 0.25) is 0 Å². The Morgan fingerprint density at radius 3 is 1.51 bits per heavy atom. The summed E-state index contributed by atoms with van der Waals surface area (Å²) in [6.45, 7) is 3.77. The van der Waals surface area contributed by atoms with Gasteiger partial charge in [-0.25, -0.2) is 16.8 Å². The molecule has 19 heteroatoms. The number of Topliss-reactive ketones (excluding diaryl/α,β-unsaturated/α-hetero) is 2. The van der Waals surface area contributed by atoms with E-state index >= 15 is 0 Å². The molecule has 0 radical (unpaired) electrons. The van der Waals surface area contributed by atoms with Crippen molar-refractivity contribution >= 4 is 89.7 Å². The van der Waals surface area contributed by atoms with E-state index < -0.39 is 49.6 Å². The number of hydrogen-bond donors (Lipinski definition) is 2. The minimum Gasteiger partial charge on any atom is -0.466 e. The lowest BCUT2D eigenvalue weighted by Gasteiger charge is -2.04. The Kier molecular flexibility index (Phi) is 19.1. The van der Waals surface area contributed by atoms with E-state index in [4.69, 9.17) is 39.5 Å². The predicted octanol–water partition coefficient (Wildman–Crippen LogP) is 5.92. The third kappa shape index (κ3) is 17.6. The molecule has 1 aromatic heterocycles. The maximum absolute atomic E-state index is 11.9. The van der Waals surface area contributed by atoms with Crippen LogP contribution in [0, 0.1) is 0 Å². The fourth-order valence-corrected chi connectivity index (χ4v) is 7.52. The minimum atomic E-state index is -3.75. The summed E-state index contributed by atoms with van der Waals surface area (Å²) in [7, 11) is -7.22. The number of ketones is 2. The van der Waals surface area contributed by atoms with Crippen LogP contribution < -0.4 is 5.56 Å². The lowest BCUT2D eigenvalue weighted by molar-refractivity contribution is -0.146. The van der Waals surface area contributed by atoms with Gasteiger partial charge in [-0.3, -0.25) is 29.1 Å². The Morgan fingerprint density at radius 2 is 1.08 bits per heavy atom. The van der Waals surface area contributed by atoms with Crippen LogP contribution in [0.25, 0.3) is 0 Å². The van der Waals surface area contributed by atoms with Gasteiger partial charge in [-0.1, -0.05) is 34.8 Å². The van der Waals surface area contributed by atoms with Gasteiger partial charge in [-0.15, -0.1) is 11.8 Å². The van der Waals surface area contributed by atoms with E-state index in [1.807, 2.05) is 12.1 Å². The van der Waals surface area contributed by atoms with Crippen LogP contribution in [0.15, 0.2) is 98.3 Å². The van der Waals surface area contributed by atoms with Crippen LogP contribution >= 0.6 is 46.6 Å². The Morgan fingerprint density at radius 1 is 0.642 bits per heavy atom. The van der Waals surface area contributed by atoms with Crippen molar-refractivity contribution in [3.05, 3.63) is 110 Å². The topological polar surface area (TPSA) is 204 Å². The number of aromatic nitrogens is 2. The smallest absolute Gasteiger partial charge is 0.313 e. The Labute approximate surface area is 325 Å².